The largest absolute Gasteiger partial charge is 0.497 e. The maximum absolute atomic E-state index is 13.8. The van der Waals surface area contributed by atoms with Crippen LogP contribution in [0.4, 0.5) is 4.39 Å². The molecule has 1 aliphatic heterocycles. The maximum Gasteiger partial charge on any atom is 0.145 e. The van der Waals surface area contributed by atoms with Gasteiger partial charge in [0.25, 0.3) is 0 Å². The summed E-state index contributed by atoms with van der Waals surface area (Å²) in [6.45, 7) is 0.738. The number of hydrogen-bond acceptors (Lipinski definition) is 2. The molecule has 1 unspecified atom stereocenters. The second-order valence-corrected chi connectivity index (χ2v) is 4.76. The minimum atomic E-state index is -0.337. The molecule has 0 radical (unpaired) electrons. The molecule has 0 bridgehead atoms. The summed E-state index contributed by atoms with van der Waals surface area (Å²) in [4.78, 5) is 0. The van der Waals surface area contributed by atoms with Crippen molar-refractivity contribution < 1.29 is 9.13 Å². The van der Waals surface area contributed by atoms with Crippen molar-refractivity contribution in [1.82, 2.24) is 5.32 Å². The van der Waals surface area contributed by atoms with E-state index in [-0.39, 0.29) is 16.9 Å². The average Bonchev–Trinajstić information content (AvgIpc) is 2.41. The van der Waals surface area contributed by atoms with Crippen molar-refractivity contribution in [2.45, 2.75) is 25.3 Å². The van der Waals surface area contributed by atoms with E-state index in [1.165, 1.54) is 0 Å². The van der Waals surface area contributed by atoms with Crippen molar-refractivity contribution in [2.75, 3.05) is 13.7 Å². The van der Waals surface area contributed by atoms with Gasteiger partial charge in [0.1, 0.15) is 11.6 Å². The topological polar surface area (TPSA) is 21.3 Å². The highest BCUT2D eigenvalue weighted by molar-refractivity contribution is 6.30. The summed E-state index contributed by atoms with van der Waals surface area (Å²) in [5.74, 6) is 0.568. The van der Waals surface area contributed by atoms with Gasteiger partial charge in [-0.3, -0.25) is 0 Å². The third-order valence-corrected chi connectivity index (χ3v) is 3.40. The highest BCUT2D eigenvalue weighted by atomic mass is 35.5. The van der Waals surface area contributed by atoms with Crippen LogP contribution in [0.3, 0.4) is 0 Å². The molecule has 0 aliphatic carbocycles. The number of nitrogens with one attached hydrogen (secondary N) is 1. The molecule has 0 amide bonds. The van der Waals surface area contributed by atoms with Crippen molar-refractivity contribution in [3.05, 3.63) is 46.4 Å². The minimum Gasteiger partial charge on any atom is -0.497 e. The van der Waals surface area contributed by atoms with Crippen LogP contribution in [0.1, 0.15) is 18.4 Å². The van der Waals surface area contributed by atoms with Crippen LogP contribution in [0.5, 0.6) is 0 Å². The van der Waals surface area contributed by atoms with Gasteiger partial charge in [-0.15, -0.1) is 0 Å². The standard InChI is InChI=1S/C14H17ClFNO/c1-17-12(13-7-2-3-8-18-13)9-10-5-4-6-11(15)14(10)16/h4-7,12,17H,2-3,8-9H2,1H3. The zero-order chi connectivity index (χ0) is 13.0. The van der Waals surface area contributed by atoms with E-state index in [2.05, 4.69) is 11.4 Å². The van der Waals surface area contributed by atoms with Gasteiger partial charge in [-0.25, -0.2) is 4.39 Å². The fourth-order valence-corrected chi connectivity index (χ4v) is 2.28. The summed E-state index contributed by atoms with van der Waals surface area (Å²) in [6.07, 6.45) is 4.68. The molecule has 4 heteroatoms. The van der Waals surface area contributed by atoms with Gasteiger partial charge in [0, 0.05) is 0 Å². The van der Waals surface area contributed by atoms with E-state index in [9.17, 15) is 4.39 Å². The Labute approximate surface area is 112 Å². The molecule has 2 nitrogen and oxygen atoms in total. The molecule has 0 saturated heterocycles. The Bertz CT molecular complexity index is 447. The molecular weight excluding hydrogens is 253 g/mol. The molecule has 98 valence electrons. The molecule has 2 rings (SSSR count). The van der Waals surface area contributed by atoms with Crippen molar-refractivity contribution in [1.29, 1.82) is 0 Å². The number of benzene rings is 1. The monoisotopic (exact) mass is 269 g/mol. The second kappa shape index (κ2) is 6.21. The highest BCUT2D eigenvalue weighted by Crippen LogP contribution is 2.22. The predicted octanol–water partition coefficient (Wildman–Crippen LogP) is 3.30. The van der Waals surface area contributed by atoms with Gasteiger partial charge >= 0.3 is 0 Å². The third-order valence-electron chi connectivity index (χ3n) is 3.11. The fraction of sp³-hybridized carbons (Fsp3) is 0.429. The molecule has 1 atom stereocenters. The summed E-state index contributed by atoms with van der Waals surface area (Å²) < 4.78 is 19.5. The van der Waals surface area contributed by atoms with Crippen LogP contribution in [-0.4, -0.2) is 19.7 Å². The molecule has 1 aromatic rings. The molecule has 0 aromatic heterocycles. The van der Waals surface area contributed by atoms with E-state index in [1.54, 1.807) is 18.2 Å². The Kier molecular flexibility index (Phi) is 4.61. The summed E-state index contributed by atoms with van der Waals surface area (Å²) in [6, 6.07) is 5.09. The lowest BCUT2D eigenvalue weighted by Crippen LogP contribution is -2.32. The third kappa shape index (κ3) is 3.03. The van der Waals surface area contributed by atoms with Crippen molar-refractivity contribution in [3.8, 4) is 0 Å². The Morgan fingerprint density at radius 3 is 3.00 bits per heavy atom. The Morgan fingerprint density at radius 2 is 2.33 bits per heavy atom. The summed E-state index contributed by atoms with van der Waals surface area (Å²) in [7, 11) is 1.85. The summed E-state index contributed by atoms with van der Waals surface area (Å²) in [5.41, 5.74) is 0.608. The van der Waals surface area contributed by atoms with Gasteiger partial charge < -0.3 is 10.1 Å². The van der Waals surface area contributed by atoms with E-state index < -0.39 is 0 Å². The van der Waals surface area contributed by atoms with Crippen molar-refractivity contribution in [3.63, 3.8) is 0 Å². The molecule has 1 aromatic carbocycles. The Morgan fingerprint density at radius 1 is 1.50 bits per heavy atom. The van der Waals surface area contributed by atoms with Gasteiger partial charge in [-0.1, -0.05) is 23.7 Å². The first-order valence-electron chi connectivity index (χ1n) is 6.15. The number of halogens is 2. The van der Waals surface area contributed by atoms with Crippen LogP contribution in [0.25, 0.3) is 0 Å². The molecule has 1 heterocycles. The lowest BCUT2D eigenvalue weighted by atomic mass is 10.0. The highest BCUT2D eigenvalue weighted by Gasteiger charge is 2.19. The predicted molar refractivity (Wildman–Crippen MR) is 71.2 cm³/mol. The fourth-order valence-electron chi connectivity index (χ4n) is 2.09. The van der Waals surface area contributed by atoms with Gasteiger partial charge in [0.05, 0.1) is 17.7 Å². The quantitative estimate of drug-likeness (QED) is 0.906. The Hall–Kier alpha value is -1.06. The van der Waals surface area contributed by atoms with E-state index >= 15 is 0 Å². The molecule has 18 heavy (non-hydrogen) atoms. The van der Waals surface area contributed by atoms with Crippen LogP contribution in [0.2, 0.25) is 5.02 Å². The van der Waals surface area contributed by atoms with E-state index in [0.717, 1.165) is 25.2 Å². The molecule has 0 saturated carbocycles. The normalized spacial score (nSPS) is 16.9. The van der Waals surface area contributed by atoms with E-state index in [4.69, 9.17) is 16.3 Å². The number of allylic oxidation sites excluding steroid dienone is 1. The first kappa shape index (κ1) is 13.4. The Balaban J connectivity index is 2.15. The number of ether oxygens (including phenoxy) is 1. The van der Waals surface area contributed by atoms with Gasteiger partial charge in [-0.2, -0.15) is 0 Å². The lowest BCUT2D eigenvalue weighted by molar-refractivity contribution is 0.169. The van der Waals surface area contributed by atoms with Gasteiger partial charge in [0.2, 0.25) is 0 Å². The molecular formula is C14H17ClFNO. The lowest BCUT2D eigenvalue weighted by Gasteiger charge is -2.23. The van der Waals surface area contributed by atoms with Gasteiger partial charge in [0.15, 0.2) is 0 Å². The average molecular weight is 270 g/mol. The smallest absolute Gasteiger partial charge is 0.145 e. The minimum absolute atomic E-state index is 0.00160. The molecule has 1 N–H and O–H groups in total. The number of hydrogen-bond donors (Lipinski definition) is 1. The first-order valence-corrected chi connectivity index (χ1v) is 6.53. The molecule has 0 fully saturated rings. The van der Waals surface area contributed by atoms with Crippen molar-refractivity contribution in [2.24, 2.45) is 0 Å². The molecule has 1 aliphatic rings. The number of rotatable bonds is 4. The zero-order valence-electron chi connectivity index (χ0n) is 10.4. The number of likely N-dealkylation sites (N-methyl/N-ethyl adjacent to an activating group) is 1. The second-order valence-electron chi connectivity index (χ2n) is 4.36. The maximum atomic E-state index is 13.8. The summed E-state index contributed by atoms with van der Waals surface area (Å²) >= 11 is 5.78. The van der Waals surface area contributed by atoms with E-state index in [0.29, 0.717) is 12.0 Å². The SMILES string of the molecule is CNC(Cc1cccc(Cl)c1F)C1=CCCCO1. The van der Waals surface area contributed by atoms with Crippen LogP contribution in [-0.2, 0) is 11.2 Å². The van der Waals surface area contributed by atoms with Crippen molar-refractivity contribution >= 4 is 11.6 Å². The zero-order valence-corrected chi connectivity index (χ0v) is 11.1. The van der Waals surface area contributed by atoms with Crippen LogP contribution < -0.4 is 5.32 Å². The molecule has 0 spiro atoms. The van der Waals surface area contributed by atoms with E-state index in [1.807, 2.05) is 7.05 Å². The van der Waals surface area contributed by atoms with Crippen LogP contribution in [0, 0.1) is 5.82 Å². The van der Waals surface area contributed by atoms with Crippen LogP contribution in [0.15, 0.2) is 30.0 Å². The van der Waals surface area contributed by atoms with Gasteiger partial charge in [-0.05, 0) is 44.0 Å². The first-order chi connectivity index (χ1) is 8.72. The summed E-state index contributed by atoms with van der Waals surface area (Å²) in [5, 5.41) is 3.33. The van der Waals surface area contributed by atoms with Crippen LogP contribution >= 0.6 is 11.6 Å².